The molecule has 0 bridgehead atoms. The van der Waals surface area contributed by atoms with Crippen molar-refractivity contribution < 1.29 is 9.59 Å². The van der Waals surface area contributed by atoms with Crippen molar-refractivity contribution in [1.29, 1.82) is 0 Å². The molecule has 2 saturated heterocycles. The zero-order chi connectivity index (χ0) is 23.9. The molecule has 0 atom stereocenters. The van der Waals surface area contributed by atoms with E-state index in [2.05, 4.69) is 20.4 Å². The molecule has 7 nitrogen and oxygen atoms in total. The minimum Gasteiger partial charge on any atom is -0.368 e. The Bertz CT molecular complexity index is 967. The zero-order valence-corrected chi connectivity index (χ0v) is 20.7. The third-order valence-corrected chi connectivity index (χ3v) is 7.01. The van der Waals surface area contributed by atoms with Crippen molar-refractivity contribution in [3.8, 4) is 0 Å². The van der Waals surface area contributed by atoms with E-state index in [-0.39, 0.29) is 11.9 Å². The van der Waals surface area contributed by atoms with Gasteiger partial charge in [-0.05, 0) is 62.3 Å². The van der Waals surface area contributed by atoms with Gasteiger partial charge in [0.2, 0.25) is 5.91 Å². The van der Waals surface area contributed by atoms with E-state index in [1.807, 2.05) is 24.3 Å². The quantitative estimate of drug-likeness (QED) is 0.570. The monoisotopic (exact) mass is 503 g/mol. The van der Waals surface area contributed by atoms with Gasteiger partial charge in [-0.15, -0.1) is 0 Å². The molecule has 4 rings (SSSR count). The highest BCUT2D eigenvalue weighted by Crippen LogP contribution is 2.30. The van der Waals surface area contributed by atoms with E-state index in [9.17, 15) is 9.59 Å². The summed E-state index contributed by atoms with van der Waals surface area (Å²) in [6.45, 7) is 5.63. The number of rotatable bonds is 6. The molecule has 0 unspecified atom stereocenters. The molecular formula is C25H31Cl2N5O2. The van der Waals surface area contributed by atoms with E-state index in [1.54, 1.807) is 23.1 Å². The van der Waals surface area contributed by atoms with Crippen LogP contribution in [0.5, 0.6) is 0 Å². The first-order chi connectivity index (χ1) is 16.5. The Morgan fingerprint density at radius 3 is 2.09 bits per heavy atom. The molecule has 0 aliphatic carbocycles. The van der Waals surface area contributed by atoms with Crippen LogP contribution in [-0.2, 0) is 4.79 Å². The molecule has 2 aliphatic rings. The molecule has 0 spiro atoms. The lowest BCUT2D eigenvalue weighted by Crippen LogP contribution is -2.50. The predicted octanol–water partition coefficient (Wildman–Crippen LogP) is 5.16. The second-order valence-corrected chi connectivity index (χ2v) is 9.56. The SMILES string of the molecule is O=C(CCN1CCCCC1)Nc1ccc(N2CCN(C(=O)Nc3c(Cl)cccc3Cl)CC2)cc1. The maximum atomic E-state index is 12.7. The lowest BCUT2D eigenvalue weighted by atomic mass is 10.1. The third kappa shape index (κ3) is 6.56. The first-order valence-corrected chi connectivity index (χ1v) is 12.6. The molecule has 2 N–H and O–H groups in total. The number of para-hydroxylation sites is 1. The van der Waals surface area contributed by atoms with Crippen LogP contribution in [0.2, 0.25) is 10.0 Å². The van der Waals surface area contributed by atoms with Crippen molar-refractivity contribution >= 4 is 52.2 Å². The van der Waals surface area contributed by atoms with Gasteiger partial charge >= 0.3 is 6.03 Å². The number of piperidine rings is 1. The molecular weight excluding hydrogens is 473 g/mol. The average molecular weight is 504 g/mol. The van der Waals surface area contributed by atoms with Gasteiger partial charge in [-0.3, -0.25) is 4.79 Å². The Kier molecular flexibility index (Phi) is 8.53. The summed E-state index contributed by atoms with van der Waals surface area (Å²) in [4.78, 5) is 31.3. The summed E-state index contributed by atoms with van der Waals surface area (Å²) in [6.07, 6.45) is 4.29. The number of benzene rings is 2. The van der Waals surface area contributed by atoms with Gasteiger partial charge in [-0.1, -0.05) is 35.7 Å². The lowest BCUT2D eigenvalue weighted by Gasteiger charge is -2.36. The van der Waals surface area contributed by atoms with E-state index in [0.29, 0.717) is 48.3 Å². The molecule has 34 heavy (non-hydrogen) atoms. The minimum atomic E-state index is -0.211. The summed E-state index contributed by atoms with van der Waals surface area (Å²) in [5.41, 5.74) is 2.31. The van der Waals surface area contributed by atoms with Gasteiger partial charge in [-0.2, -0.15) is 0 Å². The van der Waals surface area contributed by atoms with Gasteiger partial charge in [0.05, 0.1) is 15.7 Å². The molecule has 3 amide bonds. The van der Waals surface area contributed by atoms with Crippen LogP contribution in [0.1, 0.15) is 25.7 Å². The normalized spacial score (nSPS) is 16.9. The molecule has 0 aromatic heterocycles. The molecule has 0 saturated carbocycles. The Morgan fingerprint density at radius 1 is 0.794 bits per heavy atom. The van der Waals surface area contributed by atoms with Gasteiger partial charge in [-0.25, -0.2) is 4.79 Å². The van der Waals surface area contributed by atoms with E-state index >= 15 is 0 Å². The average Bonchev–Trinajstić information content (AvgIpc) is 2.86. The number of halogens is 2. The van der Waals surface area contributed by atoms with Crippen LogP contribution in [-0.4, -0.2) is 67.6 Å². The van der Waals surface area contributed by atoms with Crippen LogP contribution in [0.15, 0.2) is 42.5 Å². The van der Waals surface area contributed by atoms with Gasteiger partial charge < -0.3 is 25.3 Å². The van der Waals surface area contributed by atoms with E-state index in [1.165, 1.54) is 19.3 Å². The summed E-state index contributed by atoms with van der Waals surface area (Å²) in [6, 6.07) is 12.8. The molecule has 182 valence electrons. The Labute approximate surface area is 211 Å². The number of anilines is 3. The fourth-order valence-electron chi connectivity index (χ4n) is 4.39. The summed E-state index contributed by atoms with van der Waals surface area (Å²) in [5.74, 6) is 0.0524. The molecule has 2 aliphatic heterocycles. The second-order valence-electron chi connectivity index (χ2n) is 8.75. The Hall–Kier alpha value is -2.48. The van der Waals surface area contributed by atoms with Crippen LogP contribution in [0.25, 0.3) is 0 Å². The maximum Gasteiger partial charge on any atom is 0.322 e. The summed E-state index contributed by atoms with van der Waals surface area (Å²) >= 11 is 12.3. The van der Waals surface area contributed by atoms with Crippen molar-refractivity contribution in [2.75, 3.05) is 61.3 Å². The smallest absolute Gasteiger partial charge is 0.322 e. The summed E-state index contributed by atoms with van der Waals surface area (Å²) in [5, 5.41) is 6.65. The molecule has 0 radical (unpaired) electrons. The van der Waals surface area contributed by atoms with Crippen LogP contribution < -0.4 is 15.5 Å². The number of amides is 3. The fourth-order valence-corrected chi connectivity index (χ4v) is 4.88. The second kappa shape index (κ2) is 11.8. The largest absolute Gasteiger partial charge is 0.368 e. The summed E-state index contributed by atoms with van der Waals surface area (Å²) in [7, 11) is 0. The number of likely N-dealkylation sites (tertiary alicyclic amines) is 1. The molecule has 2 heterocycles. The highest BCUT2D eigenvalue weighted by molar-refractivity contribution is 6.39. The summed E-state index contributed by atoms with van der Waals surface area (Å²) < 4.78 is 0. The fraction of sp³-hybridized carbons (Fsp3) is 0.440. The van der Waals surface area contributed by atoms with Crippen LogP contribution in [0.3, 0.4) is 0 Å². The van der Waals surface area contributed by atoms with Gasteiger partial charge in [0.1, 0.15) is 0 Å². The molecule has 2 aromatic rings. The highest BCUT2D eigenvalue weighted by Gasteiger charge is 2.22. The number of piperazine rings is 1. The predicted molar refractivity (Wildman–Crippen MR) is 139 cm³/mol. The van der Waals surface area contributed by atoms with Gasteiger partial charge in [0.25, 0.3) is 0 Å². The van der Waals surface area contributed by atoms with Crippen LogP contribution in [0, 0.1) is 0 Å². The number of hydrogen-bond acceptors (Lipinski definition) is 4. The number of nitrogens with one attached hydrogen (secondary N) is 2. The van der Waals surface area contributed by atoms with Gasteiger partial charge in [0, 0.05) is 50.5 Å². The molecule has 2 fully saturated rings. The van der Waals surface area contributed by atoms with Crippen molar-refractivity contribution in [2.24, 2.45) is 0 Å². The number of urea groups is 1. The minimum absolute atomic E-state index is 0.0524. The van der Waals surface area contributed by atoms with Crippen molar-refractivity contribution in [2.45, 2.75) is 25.7 Å². The number of hydrogen-bond donors (Lipinski definition) is 2. The number of nitrogens with zero attached hydrogens (tertiary/aromatic N) is 3. The maximum absolute atomic E-state index is 12.7. The van der Waals surface area contributed by atoms with E-state index in [4.69, 9.17) is 23.2 Å². The van der Waals surface area contributed by atoms with Crippen molar-refractivity contribution in [1.82, 2.24) is 9.80 Å². The lowest BCUT2D eigenvalue weighted by molar-refractivity contribution is -0.116. The van der Waals surface area contributed by atoms with E-state index in [0.717, 1.165) is 31.0 Å². The standard InChI is InChI=1S/C25H31Cl2N5O2/c26-21-5-4-6-22(27)24(21)29-25(34)32-17-15-31(16-18-32)20-9-7-19(8-10-20)28-23(33)11-14-30-12-2-1-3-13-30/h4-10H,1-3,11-18H2,(H,28,33)(H,29,34). The topological polar surface area (TPSA) is 67.9 Å². The third-order valence-electron chi connectivity index (χ3n) is 6.38. The van der Waals surface area contributed by atoms with Crippen LogP contribution in [0.4, 0.5) is 21.9 Å². The molecule has 9 heteroatoms. The van der Waals surface area contributed by atoms with Crippen molar-refractivity contribution in [3.63, 3.8) is 0 Å². The van der Waals surface area contributed by atoms with Crippen molar-refractivity contribution in [3.05, 3.63) is 52.5 Å². The Morgan fingerprint density at radius 2 is 1.44 bits per heavy atom. The zero-order valence-electron chi connectivity index (χ0n) is 19.2. The molecule has 2 aromatic carbocycles. The van der Waals surface area contributed by atoms with Gasteiger partial charge in [0.15, 0.2) is 0 Å². The van der Waals surface area contributed by atoms with E-state index < -0.39 is 0 Å². The first kappa shape index (κ1) is 24.6. The van der Waals surface area contributed by atoms with Crippen LogP contribution >= 0.6 is 23.2 Å². The first-order valence-electron chi connectivity index (χ1n) is 11.9. The number of carbonyl (C=O) groups excluding carboxylic acids is 2. The Balaban J connectivity index is 1.22. The number of carbonyl (C=O) groups is 2. The highest BCUT2D eigenvalue weighted by atomic mass is 35.5.